The minimum absolute atomic E-state index is 0.114. The van der Waals surface area contributed by atoms with Crippen LogP contribution in [0.15, 0.2) is 77.7 Å². The number of benzene rings is 3. The average Bonchev–Trinajstić information content (AvgIpc) is 3.25. The van der Waals surface area contributed by atoms with E-state index in [1.165, 1.54) is 31.0 Å². The molecule has 156 valence electrons. The summed E-state index contributed by atoms with van der Waals surface area (Å²) in [5, 5.41) is 10.2. The molecule has 3 aromatic rings. The second-order valence-electron chi connectivity index (χ2n) is 7.62. The van der Waals surface area contributed by atoms with E-state index in [9.17, 15) is 13.5 Å². The summed E-state index contributed by atoms with van der Waals surface area (Å²) in [4.78, 5) is 0.120. The molecule has 5 nitrogen and oxygen atoms in total. The van der Waals surface area contributed by atoms with Crippen molar-refractivity contribution in [1.29, 1.82) is 0 Å². The van der Waals surface area contributed by atoms with Crippen molar-refractivity contribution in [3.05, 3.63) is 83.9 Å². The Balaban J connectivity index is 1.49. The van der Waals surface area contributed by atoms with Crippen molar-refractivity contribution in [3.63, 3.8) is 0 Å². The highest BCUT2D eigenvalue weighted by Gasteiger charge is 2.19. The smallest absolute Gasteiger partial charge is 0.262 e. The third-order valence-electron chi connectivity index (χ3n) is 5.30. The Bertz CT molecular complexity index is 1090. The minimum Gasteiger partial charge on any atom is -0.506 e. The molecule has 0 bridgehead atoms. The first-order valence-corrected chi connectivity index (χ1v) is 11.6. The lowest BCUT2D eigenvalue weighted by Gasteiger charge is -2.14. The van der Waals surface area contributed by atoms with Gasteiger partial charge in [-0.05, 0) is 79.6 Å². The number of ether oxygens (including phenoxy) is 1. The zero-order chi connectivity index (χ0) is 21.0. The number of phenols is 1. The van der Waals surface area contributed by atoms with Crippen LogP contribution in [0.2, 0.25) is 0 Å². The number of hydrogen-bond acceptors (Lipinski definition) is 4. The van der Waals surface area contributed by atoms with E-state index in [0.717, 1.165) is 24.0 Å². The molecule has 2 N–H and O–H groups in total. The SMILES string of the molecule is O=S(=O)(Nc1cc(Cc2ccccc2)ccc1O)c1ccc(OC2CCCC2)cc1. The van der Waals surface area contributed by atoms with Crippen molar-refractivity contribution in [2.45, 2.75) is 43.1 Å². The summed E-state index contributed by atoms with van der Waals surface area (Å²) < 4.78 is 34.0. The van der Waals surface area contributed by atoms with Crippen molar-refractivity contribution in [2.75, 3.05) is 4.72 Å². The number of sulfonamides is 1. The summed E-state index contributed by atoms with van der Waals surface area (Å²) in [6, 6.07) is 21.2. The highest BCUT2D eigenvalue weighted by molar-refractivity contribution is 7.92. The number of anilines is 1. The summed E-state index contributed by atoms with van der Waals surface area (Å²) in [5.74, 6) is 0.560. The standard InChI is InChI=1S/C24H25NO4S/c26-24-15-10-19(16-18-6-2-1-3-7-18)17-23(24)25-30(27,28)22-13-11-21(12-14-22)29-20-8-4-5-9-20/h1-3,6-7,10-15,17,20,25-26H,4-5,8-9,16H2. The molecule has 0 aromatic heterocycles. The van der Waals surface area contributed by atoms with Gasteiger partial charge in [-0.15, -0.1) is 0 Å². The summed E-state index contributed by atoms with van der Waals surface area (Å²) in [6.07, 6.45) is 5.29. The van der Waals surface area contributed by atoms with Gasteiger partial charge in [0.05, 0.1) is 16.7 Å². The molecule has 0 unspecified atom stereocenters. The number of phenolic OH excluding ortho intramolecular Hbond substituents is 1. The molecule has 0 saturated heterocycles. The van der Waals surface area contributed by atoms with Crippen molar-refractivity contribution in [1.82, 2.24) is 0 Å². The predicted molar refractivity (Wildman–Crippen MR) is 117 cm³/mol. The zero-order valence-electron chi connectivity index (χ0n) is 16.6. The number of aromatic hydroxyl groups is 1. The fourth-order valence-electron chi connectivity index (χ4n) is 3.71. The van der Waals surface area contributed by atoms with Crippen LogP contribution in [-0.4, -0.2) is 19.6 Å². The first-order chi connectivity index (χ1) is 14.5. The van der Waals surface area contributed by atoms with Gasteiger partial charge in [0.15, 0.2) is 0 Å². The Morgan fingerprint density at radius 1 is 0.900 bits per heavy atom. The second-order valence-corrected chi connectivity index (χ2v) is 9.30. The molecule has 4 rings (SSSR count). The first kappa shape index (κ1) is 20.3. The van der Waals surface area contributed by atoms with E-state index in [0.29, 0.717) is 12.2 Å². The quantitative estimate of drug-likeness (QED) is 0.518. The summed E-state index contributed by atoms with van der Waals surface area (Å²) in [5.41, 5.74) is 2.17. The fourth-order valence-corrected chi connectivity index (χ4v) is 4.77. The third-order valence-corrected chi connectivity index (χ3v) is 6.68. The van der Waals surface area contributed by atoms with E-state index in [-0.39, 0.29) is 22.4 Å². The molecule has 1 aliphatic carbocycles. The first-order valence-electron chi connectivity index (χ1n) is 10.1. The average molecular weight is 424 g/mol. The third kappa shape index (κ3) is 4.94. The van der Waals surface area contributed by atoms with E-state index in [1.54, 1.807) is 24.3 Å². The number of hydrogen-bond donors (Lipinski definition) is 2. The van der Waals surface area contributed by atoms with E-state index in [2.05, 4.69) is 4.72 Å². The van der Waals surface area contributed by atoms with Crippen molar-refractivity contribution >= 4 is 15.7 Å². The van der Waals surface area contributed by atoms with Gasteiger partial charge in [0.25, 0.3) is 10.0 Å². The fraction of sp³-hybridized carbons (Fsp3) is 0.250. The molecule has 30 heavy (non-hydrogen) atoms. The van der Waals surface area contributed by atoms with Crippen molar-refractivity contribution in [3.8, 4) is 11.5 Å². The van der Waals surface area contributed by atoms with Crippen LogP contribution in [0.25, 0.3) is 0 Å². The molecule has 3 aromatic carbocycles. The Hall–Kier alpha value is -2.99. The van der Waals surface area contributed by atoms with Gasteiger partial charge >= 0.3 is 0 Å². The molecule has 1 aliphatic rings. The second kappa shape index (κ2) is 8.79. The maximum Gasteiger partial charge on any atom is 0.262 e. The maximum atomic E-state index is 12.8. The highest BCUT2D eigenvalue weighted by Crippen LogP contribution is 2.29. The van der Waals surface area contributed by atoms with Crippen molar-refractivity contribution in [2.24, 2.45) is 0 Å². The van der Waals surface area contributed by atoms with Gasteiger partial charge in [0.1, 0.15) is 11.5 Å². The largest absolute Gasteiger partial charge is 0.506 e. The van der Waals surface area contributed by atoms with Gasteiger partial charge in [-0.25, -0.2) is 8.42 Å². The van der Waals surface area contributed by atoms with E-state index in [1.807, 2.05) is 30.3 Å². The Morgan fingerprint density at radius 3 is 2.30 bits per heavy atom. The lowest BCUT2D eigenvalue weighted by Crippen LogP contribution is -2.14. The van der Waals surface area contributed by atoms with Gasteiger partial charge in [0.2, 0.25) is 0 Å². The van der Waals surface area contributed by atoms with Gasteiger partial charge in [-0.1, -0.05) is 36.4 Å². The maximum absolute atomic E-state index is 12.8. The molecular formula is C24H25NO4S. The van der Waals surface area contributed by atoms with Crippen LogP contribution in [0.5, 0.6) is 11.5 Å². The van der Waals surface area contributed by atoms with Crippen LogP contribution in [0.4, 0.5) is 5.69 Å². The molecule has 0 aliphatic heterocycles. The Labute approximate surface area is 177 Å². The summed E-state index contributed by atoms with van der Waals surface area (Å²) in [6.45, 7) is 0. The van der Waals surface area contributed by atoms with Gasteiger partial charge in [0, 0.05) is 0 Å². The van der Waals surface area contributed by atoms with Gasteiger partial charge in [-0.2, -0.15) is 0 Å². The normalized spacial score (nSPS) is 14.5. The molecule has 0 spiro atoms. The molecule has 0 atom stereocenters. The monoisotopic (exact) mass is 423 g/mol. The predicted octanol–water partition coefficient (Wildman–Crippen LogP) is 5.11. The molecule has 1 fully saturated rings. The number of rotatable bonds is 7. The molecular weight excluding hydrogens is 398 g/mol. The molecule has 0 heterocycles. The molecule has 0 radical (unpaired) electrons. The zero-order valence-corrected chi connectivity index (χ0v) is 17.4. The van der Waals surface area contributed by atoms with Crippen LogP contribution >= 0.6 is 0 Å². The van der Waals surface area contributed by atoms with Gasteiger partial charge < -0.3 is 9.84 Å². The highest BCUT2D eigenvalue weighted by atomic mass is 32.2. The van der Waals surface area contributed by atoms with Crippen LogP contribution in [0.1, 0.15) is 36.8 Å². The van der Waals surface area contributed by atoms with E-state index < -0.39 is 10.0 Å². The summed E-state index contributed by atoms with van der Waals surface area (Å²) in [7, 11) is -3.84. The van der Waals surface area contributed by atoms with Crippen LogP contribution in [-0.2, 0) is 16.4 Å². The topological polar surface area (TPSA) is 75.6 Å². The van der Waals surface area contributed by atoms with E-state index in [4.69, 9.17) is 4.74 Å². The molecule has 1 saturated carbocycles. The lowest BCUT2D eigenvalue weighted by atomic mass is 10.0. The summed E-state index contributed by atoms with van der Waals surface area (Å²) >= 11 is 0. The van der Waals surface area contributed by atoms with Crippen molar-refractivity contribution < 1.29 is 18.3 Å². The molecule has 0 amide bonds. The van der Waals surface area contributed by atoms with Crippen LogP contribution in [0, 0.1) is 0 Å². The van der Waals surface area contributed by atoms with E-state index >= 15 is 0 Å². The lowest BCUT2D eigenvalue weighted by molar-refractivity contribution is 0.210. The number of nitrogens with one attached hydrogen (secondary N) is 1. The minimum atomic E-state index is -3.84. The van der Waals surface area contributed by atoms with Crippen LogP contribution in [0.3, 0.4) is 0 Å². The molecule has 6 heteroatoms. The van der Waals surface area contributed by atoms with Gasteiger partial charge in [-0.3, -0.25) is 4.72 Å². The Morgan fingerprint density at radius 2 is 1.60 bits per heavy atom. The Kier molecular flexibility index (Phi) is 5.95. The van der Waals surface area contributed by atoms with Crippen LogP contribution < -0.4 is 9.46 Å².